The molecule has 1 aromatic rings. The summed E-state index contributed by atoms with van der Waals surface area (Å²) in [6, 6.07) is 4.88. The summed E-state index contributed by atoms with van der Waals surface area (Å²) in [6.45, 7) is 1.73. The molecule has 17 heavy (non-hydrogen) atoms. The van der Waals surface area contributed by atoms with Crippen molar-refractivity contribution in [2.45, 2.75) is 44.3 Å². The molecule has 94 valence electrons. The van der Waals surface area contributed by atoms with Gasteiger partial charge in [0, 0.05) is 7.11 Å². The Labute approximate surface area is 101 Å². The van der Waals surface area contributed by atoms with Gasteiger partial charge in [-0.1, -0.05) is 12.1 Å². The van der Waals surface area contributed by atoms with Crippen molar-refractivity contribution in [3.8, 4) is 0 Å². The van der Waals surface area contributed by atoms with Crippen molar-refractivity contribution in [3.63, 3.8) is 0 Å². The molecule has 0 bridgehead atoms. The smallest absolute Gasteiger partial charge is 0.126 e. The monoisotopic (exact) mass is 238 g/mol. The molecular weight excluding hydrogens is 219 g/mol. The summed E-state index contributed by atoms with van der Waals surface area (Å²) in [7, 11) is 1.71. The number of methoxy groups -OCH3 is 1. The van der Waals surface area contributed by atoms with Crippen LogP contribution in [0.3, 0.4) is 0 Å². The molecule has 0 unspecified atom stereocenters. The highest BCUT2D eigenvalue weighted by Gasteiger charge is 2.34. The minimum absolute atomic E-state index is 0.220. The van der Waals surface area contributed by atoms with E-state index in [1.54, 1.807) is 26.2 Å². The van der Waals surface area contributed by atoms with Crippen molar-refractivity contribution in [3.05, 3.63) is 35.1 Å². The second-order valence-electron chi connectivity index (χ2n) is 4.93. The van der Waals surface area contributed by atoms with Crippen molar-refractivity contribution in [2.75, 3.05) is 7.11 Å². The van der Waals surface area contributed by atoms with E-state index in [-0.39, 0.29) is 11.9 Å². The largest absolute Gasteiger partial charge is 0.385 e. The van der Waals surface area contributed by atoms with Crippen LogP contribution < -0.4 is 0 Å². The van der Waals surface area contributed by atoms with Gasteiger partial charge in [-0.3, -0.25) is 0 Å². The molecule has 0 amide bonds. The van der Waals surface area contributed by atoms with Gasteiger partial charge in [0.05, 0.1) is 11.7 Å². The molecule has 2 nitrogen and oxygen atoms in total. The maximum atomic E-state index is 13.2. The highest BCUT2D eigenvalue weighted by Crippen LogP contribution is 2.38. The van der Waals surface area contributed by atoms with E-state index in [1.165, 1.54) is 6.07 Å². The van der Waals surface area contributed by atoms with Gasteiger partial charge in [-0.05, 0) is 49.8 Å². The lowest BCUT2D eigenvalue weighted by Crippen LogP contribution is -2.34. The Kier molecular flexibility index (Phi) is 3.50. The van der Waals surface area contributed by atoms with Crippen LogP contribution in [0.5, 0.6) is 0 Å². The molecular formula is C14H19FO2. The fourth-order valence-electron chi connectivity index (χ4n) is 2.53. The van der Waals surface area contributed by atoms with Gasteiger partial charge in [-0.2, -0.15) is 0 Å². The molecule has 1 N–H and O–H groups in total. The first kappa shape index (κ1) is 12.5. The average molecular weight is 238 g/mol. The van der Waals surface area contributed by atoms with Crippen molar-refractivity contribution < 1.29 is 14.2 Å². The van der Waals surface area contributed by atoms with E-state index in [2.05, 4.69) is 0 Å². The van der Waals surface area contributed by atoms with Gasteiger partial charge in [0.15, 0.2) is 0 Å². The summed E-state index contributed by atoms with van der Waals surface area (Å²) in [4.78, 5) is 0. The third kappa shape index (κ3) is 2.50. The van der Waals surface area contributed by atoms with E-state index in [0.29, 0.717) is 18.4 Å². The predicted octanol–water partition coefficient (Wildman–Crippen LogP) is 2.91. The van der Waals surface area contributed by atoms with Crippen LogP contribution in [-0.4, -0.2) is 18.3 Å². The van der Waals surface area contributed by atoms with Crippen molar-refractivity contribution in [1.29, 1.82) is 0 Å². The van der Waals surface area contributed by atoms with Crippen LogP contribution in [0.25, 0.3) is 0 Å². The Bertz CT molecular complexity index is 395. The topological polar surface area (TPSA) is 29.5 Å². The van der Waals surface area contributed by atoms with E-state index in [0.717, 1.165) is 18.4 Å². The Morgan fingerprint density at radius 2 is 2.00 bits per heavy atom. The average Bonchev–Trinajstić information content (AvgIpc) is 2.33. The second kappa shape index (κ2) is 4.75. The maximum Gasteiger partial charge on any atom is 0.126 e. The Balaban J connectivity index is 2.18. The summed E-state index contributed by atoms with van der Waals surface area (Å²) < 4.78 is 18.5. The quantitative estimate of drug-likeness (QED) is 0.858. The first-order chi connectivity index (χ1) is 8.05. The van der Waals surface area contributed by atoms with Crippen LogP contribution in [0.4, 0.5) is 4.39 Å². The van der Waals surface area contributed by atoms with E-state index in [9.17, 15) is 9.50 Å². The van der Waals surface area contributed by atoms with E-state index >= 15 is 0 Å². The molecule has 3 heteroatoms. The fraction of sp³-hybridized carbons (Fsp3) is 0.571. The molecule has 0 spiro atoms. The Hall–Kier alpha value is -0.930. The molecule has 0 atom stereocenters. The highest BCUT2D eigenvalue weighted by atomic mass is 19.1. The molecule has 2 rings (SSSR count). The van der Waals surface area contributed by atoms with Crippen LogP contribution in [0, 0.1) is 12.7 Å². The zero-order valence-electron chi connectivity index (χ0n) is 10.4. The fourth-order valence-corrected chi connectivity index (χ4v) is 2.53. The number of ether oxygens (including phenoxy) is 1. The number of halogens is 1. The van der Waals surface area contributed by atoms with Crippen molar-refractivity contribution in [1.82, 2.24) is 0 Å². The van der Waals surface area contributed by atoms with E-state index in [1.807, 2.05) is 0 Å². The zero-order chi connectivity index (χ0) is 12.5. The number of aliphatic hydroxyl groups is 1. The maximum absolute atomic E-state index is 13.2. The lowest BCUT2D eigenvalue weighted by atomic mass is 9.78. The Morgan fingerprint density at radius 1 is 1.35 bits per heavy atom. The summed E-state index contributed by atoms with van der Waals surface area (Å²) in [5.74, 6) is -0.220. The molecule has 0 saturated heterocycles. The molecule has 1 aliphatic carbocycles. The molecule has 1 aromatic carbocycles. The molecule has 1 saturated carbocycles. The van der Waals surface area contributed by atoms with Crippen LogP contribution in [0.2, 0.25) is 0 Å². The van der Waals surface area contributed by atoms with Crippen LogP contribution in [0.1, 0.15) is 36.8 Å². The van der Waals surface area contributed by atoms with Crippen molar-refractivity contribution in [2.24, 2.45) is 0 Å². The summed E-state index contributed by atoms with van der Waals surface area (Å²) in [5.41, 5.74) is 0.601. The molecule has 0 heterocycles. The lowest BCUT2D eigenvalue weighted by molar-refractivity contribution is -0.0474. The van der Waals surface area contributed by atoms with Crippen molar-refractivity contribution >= 4 is 0 Å². The van der Waals surface area contributed by atoms with Gasteiger partial charge >= 0.3 is 0 Å². The summed E-state index contributed by atoms with van der Waals surface area (Å²) >= 11 is 0. The minimum atomic E-state index is -0.812. The first-order valence-electron chi connectivity index (χ1n) is 6.07. The Morgan fingerprint density at radius 3 is 2.53 bits per heavy atom. The normalized spacial score (nSPS) is 29.3. The first-order valence-corrected chi connectivity index (χ1v) is 6.07. The number of aryl methyl sites for hydroxylation is 1. The third-order valence-electron chi connectivity index (χ3n) is 3.79. The van der Waals surface area contributed by atoms with Gasteiger partial charge in [0.25, 0.3) is 0 Å². The van der Waals surface area contributed by atoms with Crippen LogP contribution in [-0.2, 0) is 10.3 Å². The van der Waals surface area contributed by atoms with Crippen LogP contribution >= 0.6 is 0 Å². The molecule has 0 aromatic heterocycles. The molecule has 0 radical (unpaired) electrons. The number of hydrogen-bond donors (Lipinski definition) is 1. The standard InChI is InChI=1S/C14H19FO2/c1-10-9-11(3-4-13(10)15)14(16)7-5-12(17-2)6-8-14/h3-4,9,12,16H,5-8H2,1-2H3. The minimum Gasteiger partial charge on any atom is -0.385 e. The number of rotatable bonds is 2. The second-order valence-corrected chi connectivity index (χ2v) is 4.93. The number of benzene rings is 1. The van der Waals surface area contributed by atoms with Crippen LogP contribution in [0.15, 0.2) is 18.2 Å². The van der Waals surface area contributed by atoms with Gasteiger partial charge in [-0.15, -0.1) is 0 Å². The zero-order valence-corrected chi connectivity index (χ0v) is 10.4. The molecule has 0 aliphatic heterocycles. The summed E-state index contributed by atoms with van der Waals surface area (Å²) in [6.07, 6.45) is 3.30. The molecule has 1 aliphatic rings. The van der Waals surface area contributed by atoms with Gasteiger partial charge in [0.2, 0.25) is 0 Å². The van der Waals surface area contributed by atoms with E-state index < -0.39 is 5.60 Å². The van der Waals surface area contributed by atoms with Gasteiger partial charge in [-0.25, -0.2) is 4.39 Å². The van der Waals surface area contributed by atoms with Gasteiger partial charge in [0.1, 0.15) is 5.82 Å². The summed E-state index contributed by atoms with van der Waals surface area (Å²) in [5, 5.41) is 10.6. The van der Waals surface area contributed by atoms with Gasteiger partial charge < -0.3 is 9.84 Å². The van der Waals surface area contributed by atoms with E-state index in [4.69, 9.17) is 4.74 Å². The lowest BCUT2D eigenvalue weighted by Gasteiger charge is -2.36. The molecule has 1 fully saturated rings. The predicted molar refractivity (Wildman–Crippen MR) is 64.3 cm³/mol. The number of hydrogen-bond acceptors (Lipinski definition) is 2. The highest BCUT2D eigenvalue weighted by molar-refractivity contribution is 5.29. The third-order valence-corrected chi connectivity index (χ3v) is 3.79. The SMILES string of the molecule is COC1CCC(O)(c2ccc(F)c(C)c2)CC1.